The monoisotopic (exact) mass is 567 g/mol. The van der Waals surface area contributed by atoms with Crippen molar-refractivity contribution < 1.29 is 19.1 Å². The molecule has 3 aliphatic rings. The number of carbonyl (C=O) groups is 3. The number of fused-ring (bicyclic) bond motifs is 5. The number of carbonyl (C=O) groups excluding carboxylic acids is 3. The van der Waals surface area contributed by atoms with Gasteiger partial charge in [-0.2, -0.15) is 0 Å². The van der Waals surface area contributed by atoms with Crippen LogP contribution in [-0.4, -0.2) is 36.5 Å². The SMILES string of the molecule is COc1cccc([C@@H]2[C@H](C(=O)c3ccc(CC(C)C)cc3)N3c4ccccc4C=C[C@H]3C23C(=O)c2ccccc2C3=O)c1. The molecule has 2 aliphatic heterocycles. The van der Waals surface area contributed by atoms with Gasteiger partial charge >= 0.3 is 0 Å². The molecule has 0 saturated carbocycles. The minimum absolute atomic E-state index is 0.118. The molecule has 0 radical (unpaired) electrons. The van der Waals surface area contributed by atoms with Crippen LogP contribution >= 0.6 is 0 Å². The first-order valence-corrected chi connectivity index (χ1v) is 14.9. The lowest BCUT2D eigenvalue weighted by atomic mass is 9.64. The lowest BCUT2D eigenvalue weighted by Crippen LogP contribution is -2.48. The van der Waals surface area contributed by atoms with Crippen molar-refractivity contribution in [2.24, 2.45) is 11.3 Å². The lowest BCUT2D eigenvalue weighted by molar-refractivity contribution is 0.0665. The number of para-hydroxylation sites is 1. The normalized spacial score (nSPS) is 21.2. The van der Waals surface area contributed by atoms with Gasteiger partial charge in [-0.25, -0.2) is 0 Å². The highest BCUT2D eigenvalue weighted by atomic mass is 16.5. The summed E-state index contributed by atoms with van der Waals surface area (Å²) < 4.78 is 5.60. The highest BCUT2D eigenvalue weighted by molar-refractivity contribution is 6.32. The van der Waals surface area contributed by atoms with Crippen LogP contribution in [0.25, 0.3) is 6.08 Å². The number of hydrogen-bond acceptors (Lipinski definition) is 5. The molecule has 0 amide bonds. The Hall–Kier alpha value is -4.77. The summed E-state index contributed by atoms with van der Waals surface area (Å²) in [6, 6.07) is 28.8. The molecule has 3 atom stereocenters. The van der Waals surface area contributed by atoms with Crippen molar-refractivity contribution in [1.29, 1.82) is 0 Å². The first-order chi connectivity index (χ1) is 20.9. The molecule has 0 N–H and O–H groups in total. The number of anilines is 1. The zero-order valence-electron chi connectivity index (χ0n) is 24.5. The van der Waals surface area contributed by atoms with Crippen molar-refractivity contribution >= 4 is 29.1 Å². The quantitative estimate of drug-likeness (QED) is 0.182. The number of nitrogens with zero attached hydrogens (tertiary/aromatic N) is 1. The molecule has 5 nitrogen and oxygen atoms in total. The summed E-state index contributed by atoms with van der Waals surface area (Å²) in [5, 5.41) is 0. The zero-order valence-corrected chi connectivity index (χ0v) is 24.5. The van der Waals surface area contributed by atoms with E-state index in [2.05, 4.69) is 13.8 Å². The molecule has 0 unspecified atom stereocenters. The van der Waals surface area contributed by atoms with Crippen molar-refractivity contribution in [2.45, 2.75) is 38.3 Å². The molecule has 7 rings (SSSR count). The van der Waals surface area contributed by atoms with E-state index in [1.54, 1.807) is 31.4 Å². The van der Waals surface area contributed by atoms with Crippen LogP contribution in [0.15, 0.2) is 103 Å². The van der Waals surface area contributed by atoms with E-state index in [1.807, 2.05) is 89.8 Å². The predicted molar refractivity (Wildman–Crippen MR) is 168 cm³/mol. The standard InChI is InChI=1S/C38H33NO4/c1-23(2)21-24-15-17-26(18-16-24)35(40)34-33(27-10-8-11-28(22-27)43-3)38(36(41)29-12-5-6-13-30(29)37(38)42)32-20-19-25-9-4-7-14-31(25)39(32)34/h4-20,22-23,32-34H,21H2,1-3H3/t32-,33+,34+/m0/s1. The Balaban J connectivity index is 1.49. The third kappa shape index (κ3) is 3.94. The van der Waals surface area contributed by atoms with E-state index >= 15 is 0 Å². The smallest absolute Gasteiger partial charge is 0.185 e. The summed E-state index contributed by atoms with van der Waals surface area (Å²) in [4.78, 5) is 46.5. The minimum Gasteiger partial charge on any atom is -0.497 e. The number of rotatable bonds is 6. The number of methoxy groups -OCH3 is 1. The molecule has 1 saturated heterocycles. The molecule has 5 heteroatoms. The van der Waals surface area contributed by atoms with Crippen molar-refractivity contribution in [2.75, 3.05) is 12.0 Å². The first kappa shape index (κ1) is 27.1. The van der Waals surface area contributed by atoms with Gasteiger partial charge in [0.25, 0.3) is 0 Å². The highest BCUT2D eigenvalue weighted by Gasteiger charge is 2.71. The summed E-state index contributed by atoms with van der Waals surface area (Å²) in [5.74, 6) is -0.253. The molecule has 43 heavy (non-hydrogen) atoms. The Bertz CT molecular complexity index is 1770. The van der Waals surface area contributed by atoms with Crippen LogP contribution in [0.5, 0.6) is 5.75 Å². The molecule has 1 aliphatic carbocycles. The zero-order chi connectivity index (χ0) is 29.9. The van der Waals surface area contributed by atoms with Crippen LogP contribution in [0.3, 0.4) is 0 Å². The van der Waals surface area contributed by atoms with E-state index in [1.165, 1.54) is 5.56 Å². The first-order valence-electron chi connectivity index (χ1n) is 14.9. The Morgan fingerprint density at radius 2 is 1.53 bits per heavy atom. The van der Waals surface area contributed by atoms with E-state index in [4.69, 9.17) is 4.74 Å². The van der Waals surface area contributed by atoms with Crippen LogP contribution in [0.1, 0.15) is 67.5 Å². The van der Waals surface area contributed by atoms with Crippen LogP contribution < -0.4 is 9.64 Å². The summed E-state index contributed by atoms with van der Waals surface area (Å²) in [5.41, 5.74) is 3.54. The van der Waals surface area contributed by atoms with E-state index in [9.17, 15) is 14.4 Å². The van der Waals surface area contributed by atoms with Gasteiger partial charge in [-0.3, -0.25) is 14.4 Å². The van der Waals surface area contributed by atoms with E-state index in [0.29, 0.717) is 28.4 Å². The maximum Gasteiger partial charge on any atom is 0.185 e. The van der Waals surface area contributed by atoms with Gasteiger partial charge in [-0.1, -0.05) is 105 Å². The number of Topliss-reactive ketones (excluding diaryl/α,β-unsaturated/α-hetero) is 3. The fourth-order valence-corrected chi connectivity index (χ4v) is 7.57. The van der Waals surface area contributed by atoms with Crippen LogP contribution in [0, 0.1) is 11.3 Å². The fourth-order valence-electron chi connectivity index (χ4n) is 7.57. The van der Waals surface area contributed by atoms with Gasteiger partial charge < -0.3 is 9.64 Å². The summed E-state index contributed by atoms with van der Waals surface area (Å²) in [6.45, 7) is 4.34. The van der Waals surface area contributed by atoms with Crippen LogP contribution in [0.2, 0.25) is 0 Å². The molecule has 2 heterocycles. The molecule has 214 valence electrons. The van der Waals surface area contributed by atoms with Gasteiger partial charge in [0.15, 0.2) is 17.3 Å². The number of ketones is 3. The van der Waals surface area contributed by atoms with Crippen molar-refractivity contribution in [1.82, 2.24) is 0 Å². The fraction of sp³-hybridized carbons (Fsp3) is 0.237. The maximum atomic E-state index is 14.9. The lowest BCUT2D eigenvalue weighted by Gasteiger charge is -2.37. The second kappa shape index (κ2) is 10.2. The molecule has 0 bridgehead atoms. The van der Waals surface area contributed by atoms with Crippen molar-refractivity contribution in [3.8, 4) is 5.75 Å². The molecular weight excluding hydrogens is 534 g/mol. The number of benzene rings is 4. The van der Waals surface area contributed by atoms with Gasteiger partial charge in [0.05, 0.1) is 13.2 Å². The van der Waals surface area contributed by atoms with Gasteiger partial charge in [-0.15, -0.1) is 0 Å². The average Bonchev–Trinajstić information content (AvgIpc) is 3.47. The molecule has 4 aromatic carbocycles. The average molecular weight is 568 g/mol. The minimum atomic E-state index is -1.53. The highest BCUT2D eigenvalue weighted by Crippen LogP contribution is 2.61. The van der Waals surface area contributed by atoms with Crippen LogP contribution in [0.4, 0.5) is 5.69 Å². The summed E-state index contributed by atoms with van der Waals surface area (Å²) in [7, 11) is 1.59. The third-order valence-corrected chi connectivity index (χ3v) is 9.32. The second-order valence-corrected chi connectivity index (χ2v) is 12.2. The van der Waals surface area contributed by atoms with Crippen molar-refractivity contribution in [3.63, 3.8) is 0 Å². The number of ether oxygens (including phenoxy) is 1. The Morgan fingerprint density at radius 3 is 2.21 bits per heavy atom. The van der Waals surface area contributed by atoms with Gasteiger partial charge in [0.1, 0.15) is 17.2 Å². The molecule has 1 spiro atoms. The largest absolute Gasteiger partial charge is 0.497 e. The Kier molecular flexibility index (Phi) is 6.42. The van der Waals surface area contributed by atoms with Gasteiger partial charge in [-0.05, 0) is 47.2 Å². The molecule has 0 aromatic heterocycles. The van der Waals surface area contributed by atoms with E-state index in [-0.39, 0.29) is 17.3 Å². The molecule has 4 aromatic rings. The molecule has 1 fully saturated rings. The van der Waals surface area contributed by atoms with Crippen LogP contribution in [-0.2, 0) is 6.42 Å². The van der Waals surface area contributed by atoms with Gasteiger partial charge in [0.2, 0.25) is 0 Å². The van der Waals surface area contributed by atoms with Gasteiger partial charge in [0, 0.05) is 28.3 Å². The van der Waals surface area contributed by atoms with Crippen molar-refractivity contribution in [3.05, 3.63) is 137 Å². The topological polar surface area (TPSA) is 63.7 Å². The summed E-state index contributed by atoms with van der Waals surface area (Å²) >= 11 is 0. The Labute approximate surface area is 251 Å². The van der Waals surface area contributed by atoms with E-state index < -0.39 is 23.4 Å². The molecular formula is C38H33NO4. The predicted octanol–water partition coefficient (Wildman–Crippen LogP) is 7.21. The second-order valence-electron chi connectivity index (χ2n) is 12.2. The third-order valence-electron chi connectivity index (χ3n) is 9.32. The number of hydrogen-bond donors (Lipinski definition) is 0. The maximum absolute atomic E-state index is 14.9. The summed E-state index contributed by atoms with van der Waals surface area (Å²) in [6.07, 6.45) is 4.86. The van der Waals surface area contributed by atoms with E-state index in [0.717, 1.165) is 23.2 Å². The Morgan fingerprint density at radius 1 is 0.860 bits per heavy atom.